The molecule has 1 heterocycles. The van der Waals surface area contributed by atoms with Gasteiger partial charge in [0.1, 0.15) is 0 Å². The van der Waals surface area contributed by atoms with Crippen molar-refractivity contribution in [3.05, 3.63) is 52.4 Å². The van der Waals surface area contributed by atoms with Crippen LogP contribution in [-0.2, 0) is 0 Å². The predicted molar refractivity (Wildman–Crippen MR) is 85.1 cm³/mol. The number of aromatic nitrogens is 1. The van der Waals surface area contributed by atoms with Gasteiger partial charge in [0.2, 0.25) is 5.88 Å². The molecule has 1 aromatic carbocycles. The summed E-state index contributed by atoms with van der Waals surface area (Å²) >= 11 is 3.23. The smallest absolute Gasteiger partial charge is 0.224 e. The van der Waals surface area contributed by atoms with Crippen molar-refractivity contribution in [2.24, 2.45) is 0 Å². The Bertz CT molecular complexity index is 607. The number of ether oxygens (including phenoxy) is 1. The van der Waals surface area contributed by atoms with Gasteiger partial charge < -0.3 is 10.1 Å². The van der Waals surface area contributed by atoms with E-state index in [0.29, 0.717) is 10.4 Å². The average molecular weight is 353 g/mol. The van der Waals surface area contributed by atoms with Crippen LogP contribution in [0.1, 0.15) is 31.9 Å². The van der Waals surface area contributed by atoms with Crippen LogP contribution in [0.3, 0.4) is 0 Å². The predicted octanol–water partition coefficient (Wildman–Crippen LogP) is 4.84. The number of benzene rings is 1. The van der Waals surface area contributed by atoms with Gasteiger partial charge in [-0.1, -0.05) is 28.9 Å². The lowest BCUT2D eigenvalue weighted by Crippen LogP contribution is -2.20. The molecule has 1 atom stereocenters. The van der Waals surface area contributed by atoms with Crippen molar-refractivity contribution in [1.82, 2.24) is 10.3 Å². The summed E-state index contributed by atoms with van der Waals surface area (Å²) in [7, 11) is 0. The van der Waals surface area contributed by atoms with Crippen molar-refractivity contribution in [2.45, 2.75) is 26.3 Å². The molecule has 0 saturated heterocycles. The van der Waals surface area contributed by atoms with E-state index >= 15 is 0 Å². The van der Waals surface area contributed by atoms with Crippen molar-refractivity contribution in [2.75, 3.05) is 6.54 Å². The van der Waals surface area contributed by atoms with E-state index in [1.165, 1.54) is 6.07 Å². The largest absolute Gasteiger partial charge is 0.436 e. The van der Waals surface area contributed by atoms with E-state index in [1.54, 1.807) is 18.3 Å². The first-order valence-electron chi connectivity index (χ1n) is 6.93. The molecule has 2 rings (SSSR count). The minimum absolute atomic E-state index is 0.0900. The third kappa shape index (κ3) is 4.25. The number of hydrogen-bond acceptors (Lipinski definition) is 3. The first-order chi connectivity index (χ1) is 10.1. The van der Waals surface area contributed by atoms with Crippen LogP contribution in [0.15, 0.2) is 41.0 Å². The summed E-state index contributed by atoms with van der Waals surface area (Å²) in [6, 6.07) is 8.57. The average Bonchev–Trinajstić information content (AvgIpc) is 2.48. The highest BCUT2D eigenvalue weighted by Gasteiger charge is 2.14. The summed E-state index contributed by atoms with van der Waals surface area (Å²) in [4.78, 5) is 4.23. The molecule has 0 spiro atoms. The molecule has 5 heteroatoms. The lowest BCUT2D eigenvalue weighted by atomic mass is 10.1. The van der Waals surface area contributed by atoms with Gasteiger partial charge in [-0.3, -0.25) is 0 Å². The molecule has 1 N–H and O–H groups in total. The van der Waals surface area contributed by atoms with Gasteiger partial charge in [-0.15, -0.1) is 0 Å². The van der Waals surface area contributed by atoms with Gasteiger partial charge in [-0.05, 0) is 44.2 Å². The summed E-state index contributed by atoms with van der Waals surface area (Å²) in [6.45, 7) is 5.05. The number of rotatable bonds is 6. The van der Waals surface area contributed by atoms with Crippen LogP contribution in [0.2, 0.25) is 0 Å². The Kier molecular flexibility index (Phi) is 5.70. The summed E-state index contributed by atoms with van der Waals surface area (Å²) < 4.78 is 20.2. The van der Waals surface area contributed by atoms with Crippen molar-refractivity contribution < 1.29 is 9.13 Å². The van der Waals surface area contributed by atoms with E-state index in [0.717, 1.165) is 18.5 Å². The lowest BCUT2D eigenvalue weighted by Gasteiger charge is -2.17. The fourth-order valence-electron chi connectivity index (χ4n) is 1.95. The van der Waals surface area contributed by atoms with Crippen molar-refractivity contribution in [3.63, 3.8) is 0 Å². The second-order valence-corrected chi connectivity index (χ2v) is 5.67. The maximum absolute atomic E-state index is 13.9. The summed E-state index contributed by atoms with van der Waals surface area (Å²) in [5.41, 5.74) is 0.910. The summed E-state index contributed by atoms with van der Waals surface area (Å²) in [6.07, 6.45) is 2.68. The van der Waals surface area contributed by atoms with Gasteiger partial charge in [0.05, 0.1) is 0 Å². The molecule has 2 aromatic rings. The maximum Gasteiger partial charge on any atom is 0.224 e. The van der Waals surface area contributed by atoms with Crippen LogP contribution in [-0.4, -0.2) is 11.5 Å². The highest BCUT2D eigenvalue weighted by molar-refractivity contribution is 9.10. The van der Waals surface area contributed by atoms with E-state index < -0.39 is 5.82 Å². The molecule has 1 aromatic heterocycles. The molecule has 0 fully saturated rings. The maximum atomic E-state index is 13.9. The molecular formula is C16H18BrFN2O. The first kappa shape index (κ1) is 15.9. The second kappa shape index (κ2) is 7.52. The van der Waals surface area contributed by atoms with Gasteiger partial charge in [0.15, 0.2) is 11.6 Å². The Morgan fingerprint density at radius 2 is 2.19 bits per heavy atom. The first-order valence-corrected chi connectivity index (χ1v) is 7.72. The van der Waals surface area contributed by atoms with E-state index in [9.17, 15) is 4.39 Å². The Morgan fingerprint density at radius 3 is 2.90 bits per heavy atom. The standard InChI is InChI=1S/C16H18BrFN2O/c1-3-8-19-11(2)13-5-4-9-20-16(13)21-15-7-6-12(17)10-14(15)18/h4-7,9-11,19H,3,8H2,1-2H3. The minimum Gasteiger partial charge on any atom is -0.436 e. The zero-order valence-corrected chi connectivity index (χ0v) is 13.7. The van der Waals surface area contributed by atoms with E-state index in [-0.39, 0.29) is 11.8 Å². The highest BCUT2D eigenvalue weighted by Crippen LogP contribution is 2.30. The Morgan fingerprint density at radius 1 is 1.38 bits per heavy atom. The van der Waals surface area contributed by atoms with E-state index in [1.807, 2.05) is 19.1 Å². The van der Waals surface area contributed by atoms with Crippen molar-refractivity contribution >= 4 is 15.9 Å². The molecule has 3 nitrogen and oxygen atoms in total. The number of halogens is 2. The Hall–Kier alpha value is -1.46. The fourth-order valence-corrected chi connectivity index (χ4v) is 2.28. The van der Waals surface area contributed by atoms with Gasteiger partial charge in [-0.25, -0.2) is 9.37 Å². The number of hydrogen-bond donors (Lipinski definition) is 1. The SMILES string of the molecule is CCCNC(C)c1cccnc1Oc1ccc(Br)cc1F. The number of nitrogens with one attached hydrogen (secondary N) is 1. The quantitative estimate of drug-likeness (QED) is 0.807. The molecule has 0 amide bonds. The molecule has 0 radical (unpaired) electrons. The molecule has 1 unspecified atom stereocenters. The Labute approximate surface area is 132 Å². The molecule has 21 heavy (non-hydrogen) atoms. The molecule has 112 valence electrons. The van der Waals surface area contributed by atoms with Crippen LogP contribution in [0.5, 0.6) is 11.6 Å². The molecule has 0 bridgehead atoms. The van der Waals surface area contributed by atoms with E-state index in [2.05, 4.69) is 33.2 Å². The normalized spacial score (nSPS) is 12.2. The van der Waals surface area contributed by atoms with Crippen LogP contribution >= 0.6 is 15.9 Å². The zero-order valence-electron chi connectivity index (χ0n) is 12.1. The second-order valence-electron chi connectivity index (χ2n) is 4.75. The molecule has 0 aliphatic heterocycles. The third-order valence-electron chi connectivity index (χ3n) is 3.07. The third-order valence-corrected chi connectivity index (χ3v) is 3.56. The summed E-state index contributed by atoms with van der Waals surface area (Å²) in [5, 5.41) is 3.38. The molecule has 0 aliphatic carbocycles. The Balaban J connectivity index is 2.23. The monoisotopic (exact) mass is 352 g/mol. The molecule has 0 aliphatic rings. The topological polar surface area (TPSA) is 34.2 Å². The zero-order chi connectivity index (χ0) is 15.2. The van der Waals surface area contributed by atoms with E-state index in [4.69, 9.17) is 4.74 Å². The van der Waals surface area contributed by atoms with Gasteiger partial charge in [0, 0.05) is 22.3 Å². The van der Waals surface area contributed by atoms with Crippen LogP contribution in [0.4, 0.5) is 4.39 Å². The highest BCUT2D eigenvalue weighted by atomic mass is 79.9. The summed E-state index contributed by atoms with van der Waals surface area (Å²) in [5.74, 6) is 0.172. The van der Waals surface area contributed by atoms with Crippen LogP contribution < -0.4 is 10.1 Å². The van der Waals surface area contributed by atoms with Crippen LogP contribution in [0.25, 0.3) is 0 Å². The van der Waals surface area contributed by atoms with Crippen LogP contribution in [0, 0.1) is 5.82 Å². The molecular weight excluding hydrogens is 335 g/mol. The minimum atomic E-state index is -0.421. The van der Waals surface area contributed by atoms with Gasteiger partial charge >= 0.3 is 0 Å². The number of pyridine rings is 1. The number of nitrogens with zero attached hydrogens (tertiary/aromatic N) is 1. The fraction of sp³-hybridized carbons (Fsp3) is 0.312. The van der Waals surface area contributed by atoms with Crippen molar-refractivity contribution in [3.8, 4) is 11.6 Å². The van der Waals surface area contributed by atoms with Gasteiger partial charge in [0.25, 0.3) is 0 Å². The lowest BCUT2D eigenvalue weighted by molar-refractivity contribution is 0.413. The van der Waals surface area contributed by atoms with Crippen molar-refractivity contribution in [1.29, 1.82) is 0 Å². The van der Waals surface area contributed by atoms with Gasteiger partial charge in [-0.2, -0.15) is 0 Å². The molecule has 0 saturated carbocycles.